The Labute approximate surface area is 98.0 Å². The number of aliphatic hydroxyl groups is 1. The third-order valence-corrected chi connectivity index (χ3v) is 1.90. The predicted molar refractivity (Wildman–Crippen MR) is 60.3 cm³/mol. The van der Waals surface area contributed by atoms with E-state index in [9.17, 15) is 20.0 Å². The van der Waals surface area contributed by atoms with Gasteiger partial charge in [0.2, 0.25) is 0 Å². The van der Waals surface area contributed by atoms with Gasteiger partial charge < -0.3 is 9.84 Å². The third kappa shape index (κ3) is 3.84. The summed E-state index contributed by atoms with van der Waals surface area (Å²) in [5.41, 5.74) is -1.06. The van der Waals surface area contributed by atoms with E-state index >= 15 is 0 Å². The first-order valence-electron chi connectivity index (χ1n) is 4.92. The Morgan fingerprint density at radius 2 is 2.18 bits per heavy atom. The molecule has 6 heteroatoms. The number of aldehydes is 1. The van der Waals surface area contributed by atoms with Crippen LogP contribution in [0.25, 0.3) is 0 Å². The van der Waals surface area contributed by atoms with Crippen LogP contribution in [0.2, 0.25) is 0 Å². The Morgan fingerprint density at radius 1 is 1.53 bits per heavy atom. The lowest BCUT2D eigenvalue weighted by Gasteiger charge is -2.17. The normalized spacial score (nSPS) is 11.0. The molecule has 0 aliphatic rings. The molecular formula is C11H13NO5. The van der Waals surface area contributed by atoms with Crippen LogP contribution in [0.5, 0.6) is 5.75 Å². The minimum absolute atomic E-state index is 0.0262. The zero-order valence-electron chi connectivity index (χ0n) is 9.54. The van der Waals surface area contributed by atoms with Crippen molar-refractivity contribution in [2.24, 2.45) is 0 Å². The van der Waals surface area contributed by atoms with Gasteiger partial charge in [-0.1, -0.05) is 0 Å². The van der Waals surface area contributed by atoms with Crippen LogP contribution in [-0.4, -0.2) is 28.5 Å². The van der Waals surface area contributed by atoms with Gasteiger partial charge in [0.15, 0.2) is 5.75 Å². The summed E-state index contributed by atoms with van der Waals surface area (Å²) >= 11 is 0. The lowest BCUT2D eigenvalue weighted by atomic mass is 10.1. The molecule has 0 aliphatic carbocycles. The second-order valence-electron chi connectivity index (χ2n) is 4.20. The molecule has 92 valence electrons. The summed E-state index contributed by atoms with van der Waals surface area (Å²) in [6, 6.07) is 3.81. The van der Waals surface area contributed by atoms with Crippen molar-refractivity contribution in [3.63, 3.8) is 0 Å². The fourth-order valence-corrected chi connectivity index (χ4v) is 1.12. The Bertz CT molecular complexity index is 436. The molecule has 0 saturated heterocycles. The number of carbonyl (C=O) groups is 1. The lowest BCUT2D eigenvalue weighted by Crippen LogP contribution is -2.28. The second-order valence-corrected chi connectivity index (χ2v) is 4.20. The Morgan fingerprint density at radius 3 is 2.65 bits per heavy atom. The Hall–Kier alpha value is -1.95. The fraction of sp³-hybridized carbons (Fsp3) is 0.364. The number of nitrogens with zero attached hydrogens (tertiary/aromatic N) is 1. The van der Waals surface area contributed by atoms with Gasteiger partial charge in [-0.25, -0.2) is 0 Å². The zero-order chi connectivity index (χ0) is 13.1. The van der Waals surface area contributed by atoms with Crippen LogP contribution in [0.3, 0.4) is 0 Å². The van der Waals surface area contributed by atoms with Crippen molar-refractivity contribution in [3.05, 3.63) is 33.9 Å². The molecule has 1 aromatic rings. The Kier molecular flexibility index (Phi) is 3.80. The van der Waals surface area contributed by atoms with Gasteiger partial charge in [0, 0.05) is 11.6 Å². The quantitative estimate of drug-likeness (QED) is 0.478. The number of benzene rings is 1. The summed E-state index contributed by atoms with van der Waals surface area (Å²) in [6.07, 6.45) is 0.570. The molecule has 1 aromatic carbocycles. The molecule has 17 heavy (non-hydrogen) atoms. The monoisotopic (exact) mass is 239 g/mol. The molecule has 0 heterocycles. The molecule has 0 radical (unpaired) electrons. The highest BCUT2D eigenvalue weighted by atomic mass is 16.6. The number of ether oxygens (including phenoxy) is 1. The molecule has 0 aromatic heterocycles. The van der Waals surface area contributed by atoms with Crippen molar-refractivity contribution < 1.29 is 19.6 Å². The maximum atomic E-state index is 10.7. The van der Waals surface area contributed by atoms with Gasteiger partial charge in [-0.2, -0.15) is 0 Å². The van der Waals surface area contributed by atoms with Crippen molar-refractivity contribution >= 4 is 12.0 Å². The predicted octanol–water partition coefficient (Wildman–Crippen LogP) is 1.56. The van der Waals surface area contributed by atoms with E-state index in [0.717, 1.165) is 0 Å². The number of hydrogen-bond acceptors (Lipinski definition) is 5. The number of hydrogen-bond donors (Lipinski definition) is 1. The largest absolute Gasteiger partial charge is 0.484 e. The van der Waals surface area contributed by atoms with Crippen molar-refractivity contribution in [3.8, 4) is 5.75 Å². The maximum Gasteiger partial charge on any atom is 0.310 e. The molecule has 6 nitrogen and oxygen atoms in total. The first-order valence-corrected chi connectivity index (χ1v) is 4.92. The van der Waals surface area contributed by atoms with Crippen LogP contribution in [0.4, 0.5) is 5.69 Å². The summed E-state index contributed by atoms with van der Waals surface area (Å²) in [4.78, 5) is 20.7. The van der Waals surface area contributed by atoms with Gasteiger partial charge in [-0.3, -0.25) is 14.9 Å². The van der Waals surface area contributed by atoms with Crippen molar-refractivity contribution in [2.75, 3.05) is 6.61 Å². The Balaban J connectivity index is 3.01. The van der Waals surface area contributed by atoms with E-state index in [1.807, 2.05) is 0 Å². The van der Waals surface area contributed by atoms with Gasteiger partial charge in [0.1, 0.15) is 12.9 Å². The minimum atomic E-state index is -1.11. The SMILES string of the molecule is CC(C)(O)COc1cc(C=O)ccc1[N+](=O)[O-]. The molecular weight excluding hydrogens is 226 g/mol. The smallest absolute Gasteiger partial charge is 0.310 e. The number of nitro benzene ring substituents is 1. The fourth-order valence-electron chi connectivity index (χ4n) is 1.12. The average molecular weight is 239 g/mol. The molecule has 0 fully saturated rings. The summed E-state index contributed by atoms with van der Waals surface area (Å²) < 4.78 is 5.15. The van der Waals surface area contributed by atoms with Crippen LogP contribution >= 0.6 is 0 Å². The molecule has 0 atom stereocenters. The molecule has 1 rings (SSSR count). The minimum Gasteiger partial charge on any atom is -0.484 e. The highest BCUT2D eigenvalue weighted by molar-refractivity contribution is 5.76. The molecule has 0 aliphatic heterocycles. The van der Waals surface area contributed by atoms with Crippen LogP contribution < -0.4 is 4.74 Å². The highest BCUT2D eigenvalue weighted by Crippen LogP contribution is 2.28. The summed E-state index contributed by atoms with van der Waals surface area (Å²) in [7, 11) is 0. The summed E-state index contributed by atoms with van der Waals surface area (Å²) in [6.45, 7) is 2.93. The van der Waals surface area contributed by atoms with Gasteiger partial charge >= 0.3 is 5.69 Å². The molecule has 0 amide bonds. The van der Waals surface area contributed by atoms with E-state index in [-0.39, 0.29) is 23.6 Å². The molecule has 0 unspecified atom stereocenters. The standard InChI is InChI=1S/C11H13NO5/c1-11(2,14)7-17-10-5-8(6-13)3-4-9(10)12(15)16/h3-6,14H,7H2,1-2H3. The van der Waals surface area contributed by atoms with Gasteiger partial charge in [-0.15, -0.1) is 0 Å². The molecule has 1 N–H and O–H groups in total. The van der Waals surface area contributed by atoms with Gasteiger partial charge in [-0.05, 0) is 26.0 Å². The van der Waals surface area contributed by atoms with E-state index in [0.29, 0.717) is 6.29 Å². The van der Waals surface area contributed by atoms with E-state index in [1.165, 1.54) is 32.0 Å². The molecule has 0 bridgehead atoms. The van der Waals surface area contributed by atoms with Crippen LogP contribution in [0.1, 0.15) is 24.2 Å². The van der Waals surface area contributed by atoms with Gasteiger partial charge in [0.05, 0.1) is 10.5 Å². The van der Waals surface area contributed by atoms with Crippen molar-refractivity contribution in [2.45, 2.75) is 19.4 Å². The third-order valence-electron chi connectivity index (χ3n) is 1.90. The summed E-state index contributed by atoms with van der Waals surface area (Å²) in [5.74, 6) is -0.0262. The van der Waals surface area contributed by atoms with Crippen molar-refractivity contribution in [1.29, 1.82) is 0 Å². The first-order chi connectivity index (χ1) is 7.83. The number of nitro groups is 1. The molecule has 0 spiro atoms. The first kappa shape index (κ1) is 13.1. The van der Waals surface area contributed by atoms with E-state index in [4.69, 9.17) is 4.74 Å². The van der Waals surface area contributed by atoms with Crippen molar-refractivity contribution in [1.82, 2.24) is 0 Å². The second kappa shape index (κ2) is 4.92. The lowest BCUT2D eigenvalue weighted by molar-refractivity contribution is -0.386. The highest BCUT2D eigenvalue weighted by Gasteiger charge is 2.19. The van der Waals surface area contributed by atoms with E-state index in [2.05, 4.69) is 0 Å². The average Bonchev–Trinajstić information content (AvgIpc) is 2.24. The number of carbonyl (C=O) groups excluding carboxylic acids is 1. The van der Waals surface area contributed by atoms with E-state index in [1.54, 1.807) is 0 Å². The molecule has 0 saturated carbocycles. The number of rotatable bonds is 5. The maximum absolute atomic E-state index is 10.7. The van der Waals surface area contributed by atoms with E-state index < -0.39 is 10.5 Å². The van der Waals surface area contributed by atoms with Crippen LogP contribution in [0.15, 0.2) is 18.2 Å². The summed E-state index contributed by atoms with van der Waals surface area (Å²) in [5, 5.41) is 20.2. The van der Waals surface area contributed by atoms with Crippen LogP contribution in [-0.2, 0) is 0 Å². The van der Waals surface area contributed by atoms with Crippen LogP contribution in [0, 0.1) is 10.1 Å². The zero-order valence-corrected chi connectivity index (χ0v) is 9.54. The van der Waals surface area contributed by atoms with Gasteiger partial charge in [0.25, 0.3) is 0 Å². The topological polar surface area (TPSA) is 89.7 Å².